The molecule has 5 heteroatoms. The van der Waals surface area contributed by atoms with Crippen LogP contribution in [0.15, 0.2) is 65.6 Å². The average molecular weight is 381 g/mol. The number of carbonyl (C=O) groups excluding carboxylic acids is 2. The molecule has 1 aliphatic heterocycles. The summed E-state index contributed by atoms with van der Waals surface area (Å²) in [4.78, 5) is 27.8. The van der Waals surface area contributed by atoms with Crippen LogP contribution in [0.1, 0.15) is 18.4 Å². The van der Waals surface area contributed by atoms with Crippen molar-refractivity contribution in [1.29, 1.82) is 0 Å². The molecule has 4 nitrogen and oxygen atoms in total. The van der Waals surface area contributed by atoms with Crippen molar-refractivity contribution < 1.29 is 9.59 Å². The Morgan fingerprint density at radius 3 is 2.33 bits per heavy atom. The summed E-state index contributed by atoms with van der Waals surface area (Å²) >= 11 is 1.67. The maximum Gasteiger partial charge on any atom is 0.246 e. The monoisotopic (exact) mass is 380 g/mol. The molecule has 1 N–H and O–H groups in total. The number of benzene rings is 2. The van der Waals surface area contributed by atoms with E-state index in [1.165, 1.54) is 4.90 Å². The van der Waals surface area contributed by atoms with Gasteiger partial charge in [-0.3, -0.25) is 9.59 Å². The van der Waals surface area contributed by atoms with Gasteiger partial charge in [-0.15, -0.1) is 11.8 Å². The van der Waals surface area contributed by atoms with Crippen molar-refractivity contribution in [2.45, 2.75) is 17.7 Å². The summed E-state index contributed by atoms with van der Waals surface area (Å²) in [6, 6.07) is 17.6. The molecule has 0 atom stereocenters. The van der Waals surface area contributed by atoms with Crippen LogP contribution < -0.4 is 5.32 Å². The zero-order chi connectivity index (χ0) is 19.1. The molecule has 2 aromatic rings. The van der Waals surface area contributed by atoms with Crippen LogP contribution in [0.3, 0.4) is 0 Å². The van der Waals surface area contributed by atoms with Crippen LogP contribution in [0.5, 0.6) is 0 Å². The SMILES string of the molecule is CSc1ccc(NC(=O)C2CCN(C(=O)/C=C/c3ccccc3)CC2)cc1. The number of carbonyl (C=O) groups is 2. The molecule has 1 aliphatic rings. The number of hydrogen-bond acceptors (Lipinski definition) is 3. The van der Waals surface area contributed by atoms with E-state index in [-0.39, 0.29) is 17.7 Å². The van der Waals surface area contributed by atoms with Gasteiger partial charge in [0.2, 0.25) is 11.8 Å². The minimum Gasteiger partial charge on any atom is -0.339 e. The van der Waals surface area contributed by atoms with Crippen LogP contribution in [0.2, 0.25) is 0 Å². The predicted molar refractivity (Wildman–Crippen MR) is 112 cm³/mol. The van der Waals surface area contributed by atoms with E-state index in [1.54, 1.807) is 17.8 Å². The summed E-state index contributed by atoms with van der Waals surface area (Å²) in [6.07, 6.45) is 6.86. The highest BCUT2D eigenvalue weighted by atomic mass is 32.2. The second-order valence-electron chi connectivity index (χ2n) is 6.56. The molecule has 1 fully saturated rings. The Morgan fingerprint density at radius 2 is 1.70 bits per heavy atom. The fourth-order valence-electron chi connectivity index (χ4n) is 3.12. The smallest absolute Gasteiger partial charge is 0.246 e. The van der Waals surface area contributed by atoms with Crippen molar-refractivity contribution >= 4 is 35.3 Å². The zero-order valence-electron chi connectivity index (χ0n) is 15.4. The van der Waals surface area contributed by atoms with Crippen molar-refractivity contribution in [3.05, 3.63) is 66.2 Å². The molecule has 0 saturated carbocycles. The summed E-state index contributed by atoms with van der Waals surface area (Å²) in [5, 5.41) is 2.99. The van der Waals surface area contributed by atoms with Gasteiger partial charge in [-0.25, -0.2) is 0 Å². The quantitative estimate of drug-likeness (QED) is 0.621. The van der Waals surface area contributed by atoms with E-state index in [0.717, 1.165) is 11.3 Å². The molecule has 1 saturated heterocycles. The Labute approximate surface area is 164 Å². The fourth-order valence-corrected chi connectivity index (χ4v) is 3.53. The number of nitrogens with zero attached hydrogens (tertiary/aromatic N) is 1. The van der Waals surface area contributed by atoms with E-state index in [4.69, 9.17) is 0 Å². The number of piperidine rings is 1. The van der Waals surface area contributed by atoms with Gasteiger partial charge < -0.3 is 10.2 Å². The van der Waals surface area contributed by atoms with Crippen LogP contribution in [0.25, 0.3) is 6.08 Å². The van der Waals surface area contributed by atoms with E-state index in [0.29, 0.717) is 25.9 Å². The summed E-state index contributed by atoms with van der Waals surface area (Å²) in [5.41, 5.74) is 1.83. The van der Waals surface area contributed by atoms with E-state index in [9.17, 15) is 9.59 Å². The van der Waals surface area contributed by atoms with Crippen molar-refractivity contribution in [2.75, 3.05) is 24.7 Å². The maximum atomic E-state index is 12.5. The van der Waals surface area contributed by atoms with Gasteiger partial charge in [0.25, 0.3) is 0 Å². The lowest BCUT2D eigenvalue weighted by Crippen LogP contribution is -2.40. The first kappa shape index (κ1) is 19.2. The van der Waals surface area contributed by atoms with E-state index < -0.39 is 0 Å². The van der Waals surface area contributed by atoms with Crippen molar-refractivity contribution in [2.24, 2.45) is 5.92 Å². The van der Waals surface area contributed by atoms with Gasteiger partial charge in [0, 0.05) is 35.7 Å². The molecular weight excluding hydrogens is 356 g/mol. The molecular formula is C22H24N2O2S. The molecule has 0 spiro atoms. The molecule has 27 heavy (non-hydrogen) atoms. The van der Waals surface area contributed by atoms with Crippen molar-refractivity contribution in [3.8, 4) is 0 Å². The second kappa shape index (κ2) is 9.42. The fraction of sp³-hybridized carbons (Fsp3) is 0.273. The normalized spacial score (nSPS) is 15.1. The molecule has 0 unspecified atom stereocenters. The highest BCUT2D eigenvalue weighted by molar-refractivity contribution is 7.98. The van der Waals surface area contributed by atoms with Gasteiger partial charge in [-0.1, -0.05) is 30.3 Å². The van der Waals surface area contributed by atoms with Gasteiger partial charge in [-0.2, -0.15) is 0 Å². The number of thioether (sulfide) groups is 1. The lowest BCUT2D eigenvalue weighted by atomic mass is 9.95. The van der Waals surface area contributed by atoms with Crippen LogP contribution in [0, 0.1) is 5.92 Å². The van der Waals surface area contributed by atoms with Gasteiger partial charge in [0.15, 0.2) is 0 Å². The first-order valence-corrected chi connectivity index (χ1v) is 10.3. The average Bonchev–Trinajstić information content (AvgIpc) is 2.73. The van der Waals surface area contributed by atoms with Gasteiger partial charge in [0.1, 0.15) is 0 Å². The minimum absolute atomic E-state index is 0.00497. The molecule has 0 radical (unpaired) electrons. The molecule has 2 aromatic carbocycles. The number of nitrogens with one attached hydrogen (secondary N) is 1. The third-order valence-electron chi connectivity index (χ3n) is 4.75. The first-order chi connectivity index (χ1) is 13.2. The summed E-state index contributed by atoms with van der Waals surface area (Å²) in [5.74, 6) is -0.00317. The summed E-state index contributed by atoms with van der Waals surface area (Å²) in [7, 11) is 0. The molecule has 0 bridgehead atoms. The molecule has 0 aromatic heterocycles. The van der Waals surface area contributed by atoms with Gasteiger partial charge in [0.05, 0.1) is 0 Å². The zero-order valence-corrected chi connectivity index (χ0v) is 16.2. The van der Waals surface area contributed by atoms with Crippen LogP contribution in [-0.2, 0) is 9.59 Å². The third-order valence-corrected chi connectivity index (χ3v) is 5.50. The van der Waals surface area contributed by atoms with Crippen molar-refractivity contribution in [3.63, 3.8) is 0 Å². The second-order valence-corrected chi connectivity index (χ2v) is 7.44. The predicted octanol–water partition coefficient (Wildman–Crippen LogP) is 4.30. The van der Waals surface area contributed by atoms with Crippen LogP contribution in [-0.4, -0.2) is 36.1 Å². The van der Waals surface area contributed by atoms with Gasteiger partial charge in [-0.05, 0) is 55.0 Å². The third kappa shape index (κ3) is 5.47. The molecule has 0 aliphatic carbocycles. The lowest BCUT2D eigenvalue weighted by molar-refractivity contribution is -0.130. The molecule has 1 heterocycles. The Morgan fingerprint density at radius 1 is 1.04 bits per heavy atom. The molecule has 140 valence electrons. The minimum atomic E-state index is -0.0487. The summed E-state index contributed by atoms with van der Waals surface area (Å²) < 4.78 is 0. The Kier molecular flexibility index (Phi) is 6.71. The standard InChI is InChI=1S/C22H24N2O2S/c1-27-20-10-8-19(9-11-20)23-22(26)18-13-15-24(16-14-18)21(25)12-7-17-5-3-2-4-6-17/h2-12,18H,13-16H2,1H3,(H,23,26)/b12-7+. The largest absolute Gasteiger partial charge is 0.339 e. The van der Waals surface area contributed by atoms with Crippen LogP contribution in [0.4, 0.5) is 5.69 Å². The Bertz CT molecular complexity index is 795. The first-order valence-electron chi connectivity index (χ1n) is 9.12. The van der Waals surface area contributed by atoms with E-state index >= 15 is 0 Å². The highest BCUT2D eigenvalue weighted by Crippen LogP contribution is 2.22. The maximum absolute atomic E-state index is 12.5. The number of amides is 2. The van der Waals surface area contributed by atoms with E-state index in [2.05, 4.69) is 5.32 Å². The highest BCUT2D eigenvalue weighted by Gasteiger charge is 2.26. The topological polar surface area (TPSA) is 49.4 Å². The number of rotatable bonds is 5. The number of hydrogen-bond donors (Lipinski definition) is 1. The number of likely N-dealkylation sites (tertiary alicyclic amines) is 1. The van der Waals surface area contributed by atoms with E-state index in [1.807, 2.05) is 71.8 Å². The summed E-state index contributed by atoms with van der Waals surface area (Å²) in [6.45, 7) is 1.23. The Hall–Kier alpha value is -2.53. The molecule has 3 rings (SSSR count). The molecule has 2 amide bonds. The Balaban J connectivity index is 1.48. The van der Waals surface area contributed by atoms with Crippen molar-refractivity contribution in [1.82, 2.24) is 4.90 Å². The van der Waals surface area contributed by atoms with Crippen LogP contribution >= 0.6 is 11.8 Å². The lowest BCUT2D eigenvalue weighted by Gasteiger charge is -2.30. The van der Waals surface area contributed by atoms with Gasteiger partial charge >= 0.3 is 0 Å². The number of anilines is 1.